The summed E-state index contributed by atoms with van der Waals surface area (Å²) in [5.74, 6) is 0.818. The monoisotopic (exact) mass is 334 g/mol. The highest BCUT2D eigenvalue weighted by molar-refractivity contribution is 7.98. The largest absolute Gasteiger partial charge is 0.396 e. The van der Waals surface area contributed by atoms with Gasteiger partial charge in [-0.05, 0) is 42.3 Å². The van der Waals surface area contributed by atoms with Crippen LogP contribution in [0.4, 0.5) is 10.2 Å². The predicted octanol–water partition coefficient (Wildman–Crippen LogP) is 3.19. The molecule has 0 spiro atoms. The first-order valence-corrected chi connectivity index (χ1v) is 8.45. The van der Waals surface area contributed by atoms with Gasteiger partial charge in [0.05, 0.1) is 12.5 Å². The number of rotatable bonds is 7. The van der Waals surface area contributed by atoms with Crippen LogP contribution < -0.4 is 5.32 Å². The molecule has 0 bridgehead atoms. The van der Waals surface area contributed by atoms with Crippen molar-refractivity contribution in [2.75, 3.05) is 17.7 Å². The number of nitrogens with one attached hydrogen (secondary N) is 1. The van der Waals surface area contributed by atoms with Gasteiger partial charge in [0.1, 0.15) is 11.6 Å². The lowest BCUT2D eigenvalue weighted by Gasteiger charge is -2.12. The fourth-order valence-corrected chi connectivity index (χ4v) is 2.74. The van der Waals surface area contributed by atoms with Crippen molar-refractivity contribution in [3.8, 4) is 0 Å². The minimum Gasteiger partial charge on any atom is -0.396 e. The molecular formula is C17H19FN2O2S. The minimum atomic E-state index is -0.472. The van der Waals surface area contributed by atoms with E-state index in [0.717, 1.165) is 11.3 Å². The predicted molar refractivity (Wildman–Crippen MR) is 90.9 cm³/mol. The van der Waals surface area contributed by atoms with Crippen LogP contribution in [0.1, 0.15) is 24.0 Å². The summed E-state index contributed by atoms with van der Waals surface area (Å²) in [6.07, 6.45) is 1.64. The molecule has 1 unspecified atom stereocenters. The second-order valence-electron chi connectivity index (χ2n) is 5.09. The van der Waals surface area contributed by atoms with Crippen LogP contribution in [0.5, 0.6) is 0 Å². The lowest BCUT2D eigenvalue weighted by Crippen LogP contribution is -2.19. The first-order chi connectivity index (χ1) is 11.1. The summed E-state index contributed by atoms with van der Waals surface area (Å²) in [4.78, 5) is 16.4. The fourth-order valence-electron chi connectivity index (χ4n) is 2.05. The number of aliphatic hydroxyl groups excluding tert-OH is 1. The van der Waals surface area contributed by atoms with Crippen LogP contribution in [-0.2, 0) is 10.5 Å². The maximum Gasteiger partial charge on any atom is 0.232 e. The number of aliphatic hydroxyl groups is 1. The molecule has 1 heterocycles. The van der Waals surface area contributed by atoms with Gasteiger partial charge in [0.15, 0.2) is 0 Å². The first kappa shape index (κ1) is 17.4. The summed E-state index contributed by atoms with van der Waals surface area (Å²) in [5.41, 5.74) is 1.64. The van der Waals surface area contributed by atoms with Gasteiger partial charge in [-0.3, -0.25) is 4.79 Å². The smallest absolute Gasteiger partial charge is 0.232 e. The van der Waals surface area contributed by atoms with E-state index < -0.39 is 5.92 Å². The second-order valence-corrected chi connectivity index (χ2v) is 6.20. The number of carbonyl (C=O) groups is 1. The van der Waals surface area contributed by atoms with Crippen LogP contribution in [-0.4, -0.2) is 28.4 Å². The summed E-state index contributed by atoms with van der Waals surface area (Å²) in [7, 11) is 0. The molecule has 0 saturated carbocycles. The molecule has 0 aliphatic rings. The highest BCUT2D eigenvalue weighted by Crippen LogP contribution is 2.19. The van der Waals surface area contributed by atoms with Crippen molar-refractivity contribution in [3.63, 3.8) is 0 Å². The molecular weight excluding hydrogens is 315 g/mol. The standard InChI is InChI=1S/C17H19FN2O2S/c1-12(14-3-2-4-15(18)10-14)17(22)20-16-9-13(5-6-19-16)11-23-8-7-21/h2-6,9-10,12,21H,7-8,11H2,1H3,(H,19,20,22). The number of amides is 1. The van der Waals surface area contributed by atoms with E-state index in [2.05, 4.69) is 10.3 Å². The van der Waals surface area contributed by atoms with Crippen LogP contribution in [0.2, 0.25) is 0 Å². The van der Waals surface area contributed by atoms with Crippen molar-refractivity contribution < 1.29 is 14.3 Å². The van der Waals surface area contributed by atoms with Gasteiger partial charge in [-0.1, -0.05) is 12.1 Å². The van der Waals surface area contributed by atoms with Crippen LogP contribution in [0.3, 0.4) is 0 Å². The summed E-state index contributed by atoms with van der Waals surface area (Å²) in [6.45, 7) is 1.87. The Morgan fingerprint density at radius 1 is 1.39 bits per heavy atom. The molecule has 0 aliphatic carbocycles. The minimum absolute atomic E-state index is 0.143. The number of pyridine rings is 1. The van der Waals surface area contributed by atoms with Gasteiger partial charge >= 0.3 is 0 Å². The van der Waals surface area contributed by atoms with E-state index >= 15 is 0 Å². The average molecular weight is 334 g/mol. The Morgan fingerprint density at radius 2 is 2.22 bits per heavy atom. The number of carbonyl (C=O) groups excluding carboxylic acids is 1. The second kappa shape index (κ2) is 8.64. The molecule has 1 amide bonds. The molecule has 1 atom stereocenters. The molecule has 1 aromatic carbocycles. The summed E-state index contributed by atoms with van der Waals surface area (Å²) >= 11 is 1.61. The third-order valence-electron chi connectivity index (χ3n) is 3.32. The number of anilines is 1. The van der Waals surface area contributed by atoms with Crippen molar-refractivity contribution in [3.05, 3.63) is 59.5 Å². The molecule has 0 radical (unpaired) electrons. The Morgan fingerprint density at radius 3 is 2.96 bits per heavy atom. The lowest BCUT2D eigenvalue weighted by molar-refractivity contribution is -0.117. The number of nitrogens with zero attached hydrogens (tertiary/aromatic N) is 1. The topological polar surface area (TPSA) is 62.2 Å². The highest BCUT2D eigenvalue weighted by Gasteiger charge is 2.16. The van der Waals surface area contributed by atoms with Crippen LogP contribution in [0.25, 0.3) is 0 Å². The Balaban J connectivity index is 2.00. The fraction of sp³-hybridized carbons (Fsp3) is 0.294. The molecule has 2 aromatic rings. The lowest BCUT2D eigenvalue weighted by atomic mass is 10.0. The van der Waals surface area contributed by atoms with Gasteiger partial charge < -0.3 is 10.4 Å². The molecule has 2 rings (SSSR count). The average Bonchev–Trinajstić information content (AvgIpc) is 2.55. The quantitative estimate of drug-likeness (QED) is 0.764. The van der Waals surface area contributed by atoms with Crippen molar-refractivity contribution in [1.82, 2.24) is 4.98 Å². The number of halogens is 1. The first-order valence-electron chi connectivity index (χ1n) is 7.30. The van der Waals surface area contributed by atoms with Gasteiger partial charge in [0.2, 0.25) is 5.91 Å². The number of benzene rings is 1. The summed E-state index contributed by atoms with van der Waals surface area (Å²) < 4.78 is 13.3. The molecule has 23 heavy (non-hydrogen) atoms. The molecule has 0 fully saturated rings. The number of hydrogen-bond donors (Lipinski definition) is 2. The van der Waals surface area contributed by atoms with Crippen molar-refractivity contribution in [1.29, 1.82) is 0 Å². The molecule has 122 valence electrons. The van der Waals surface area contributed by atoms with Crippen LogP contribution in [0, 0.1) is 5.82 Å². The Labute approximate surface area is 139 Å². The molecule has 6 heteroatoms. The molecule has 0 saturated heterocycles. The van der Waals surface area contributed by atoms with E-state index in [1.54, 1.807) is 43.1 Å². The third-order valence-corrected chi connectivity index (χ3v) is 4.33. The molecule has 0 aliphatic heterocycles. The zero-order chi connectivity index (χ0) is 16.7. The van der Waals surface area contributed by atoms with Gasteiger partial charge in [0, 0.05) is 17.7 Å². The van der Waals surface area contributed by atoms with Gasteiger partial charge in [-0.15, -0.1) is 0 Å². The van der Waals surface area contributed by atoms with Gasteiger partial charge in [-0.25, -0.2) is 9.37 Å². The number of thioether (sulfide) groups is 1. The number of aromatic nitrogens is 1. The van der Waals surface area contributed by atoms with Crippen molar-refractivity contribution in [2.24, 2.45) is 0 Å². The van der Waals surface area contributed by atoms with E-state index in [1.807, 2.05) is 6.07 Å². The van der Waals surface area contributed by atoms with E-state index in [4.69, 9.17) is 5.11 Å². The Bertz CT molecular complexity index is 667. The van der Waals surface area contributed by atoms with Crippen molar-refractivity contribution >= 4 is 23.5 Å². The van der Waals surface area contributed by atoms with E-state index in [9.17, 15) is 9.18 Å². The zero-order valence-corrected chi connectivity index (χ0v) is 13.6. The maximum atomic E-state index is 13.3. The number of hydrogen-bond acceptors (Lipinski definition) is 4. The highest BCUT2D eigenvalue weighted by atomic mass is 32.2. The molecule has 1 aromatic heterocycles. The van der Waals surface area contributed by atoms with Crippen LogP contribution >= 0.6 is 11.8 Å². The van der Waals surface area contributed by atoms with Crippen molar-refractivity contribution in [2.45, 2.75) is 18.6 Å². The van der Waals surface area contributed by atoms with E-state index in [0.29, 0.717) is 17.1 Å². The normalized spacial score (nSPS) is 12.0. The van der Waals surface area contributed by atoms with Crippen LogP contribution in [0.15, 0.2) is 42.6 Å². The summed E-state index contributed by atoms with van der Waals surface area (Å²) in [5, 5.41) is 11.5. The van der Waals surface area contributed by atoms with E-state index in [-0.39, 0.29) is 18.3 Å². The van der Waals surface area contributed by atoms with E-state index in [1.165, 1.54) is 12.1 Å². The van der Waals surface area contributed by atoms with Gasteiger partial charge in [-0.2, -0.15) is 11.8 Å². The maximum absolute atomic E-state index is 13.3. The SMILES string of the molecule is CC(C(=O)Nc1cc(CSCCO)ccn1)c1cccc(F)c1. The molecule has 4 nitrogen and oxygen atoms in total. The Kier molecular flexibility index (Phi) is 6.55. The Hall–Kier alpha value is -1.92. The van der Waals surface area contributed by atoms with Gasteiger partial charge in [0.25, 0.3) is 0 Å². The zero-order valence-electron chi connectivity index (χ0n) is 12.8. The third kappa shape index (κ3) is 5.33. The molecule has 2 N–H and O–H groups in total. The summed E-state index contributed by atoms with van der Waals surface area (Å²) in [6, 6.07) is 9.70.